The van der Waals surface area contributed by atoms with Crippen LogP contribution in [0.1, 0.15) is 5.56 Å². The van der Waals surface area contributed by atoms with Gasteiger partial charge in [0, 0.05) is 11.8 Å². The number of para-hydroxylation sites is 1. The molecule has 0 saturated carbocycles. The molecule has 0 aliphatic rings. The van der Waals surface area contributed by atoms with Gasteiger partial charge in [-0.25, -0.2) is 9.37 Å². The van der Waals surface area contributed by atoms with Crippen molar-refractivity contribution in [2.45, 2.75) is 6.61 Å². The minimum Gasteiger partial charge on any atom is -0.392 e. The number of benzene rings is 1. The molecule has 3 rings (SSSR count). The molecule has 0 radical (unpaired) electrons. The van der Waals surface area contributed by atoms with E-state index in [9.17, 15) is 4.39 Å². The van der Waals surface area contributed by atoms with Crippen LogP contribution in [0.4, 0.5) is 4.39 Å². The number of fused-ring (bicyclic) bond motifs is 1. The third-order valence-corrected chi connectivity index (χ3v) is 2.67. The van der Waals surface area contributed by atoms with Crippen molar-refractivity contribution in [3.8, 4) is 5.82 Å². The van der Waals surface area contributed by atoms with Gasteiger partial charge in [0.15, 0.2) is 11.6 Å². The maximum absolute atomic E-state index is 14.1. The summed E-state index contributed by atoms with van der Waals surface area (Å²) in [5, 5.41) is 16.9. The van der Waals surface area contributed by atoms with E-state index >= 15 is 0 Å². The number of aliphatic hydroxyl groups excluding tert-OH is 1. The molecule has 5 nitrogen and oxygen atoms in total. The van der Waals surface area contributed by atoms with Gasteiger partial charge in [-0.1, -0.05) is 17.3 Å². The van der Waals surface area contributed by atoms with Crippen LogP contribution in [0.15, 0.2) is 36.5 Å². The molecule has 90 valence electrons. The molecule has 0 unspecified atom stereocenters. The highest BCUT2D eigenvalue weighted by Crippen LogP contribution is 2.18. The molecular weight excluding hydrogens is 235 g/mol. The number of hydrogen-bond acceptors (Lipinski definition) is 4. The van der Waals surface area contributed by atoms with Crippen molar-refractivity contribution in [2.24, 2.45) is 0 Å². The van der Waals surface area contributed by atoms with Gasteiger partial charge in [-0.05, 0) is 18.2 Å². The second kappa shape index (κ2) is 4.15. The summed E-state index contributed by atoms with van der Waals surface area (Å²) in [7, 11) is 0. The molecular formula is C12H9FN4O. The van der Waals surface area contributed by atoms with Gasteiger partial charge in [-0.2, -0.15) is 4.68 Å². The van der Waals surface area contributed by atoms with Gasteiger partial charge in [0.1, 0.15) is 5.52 Å². The van der Waals surface area contributed by atoms with Crippen LogP contribution in [-0.2, 0) is 6.61 Å². The molecule has 0 amide bonds. The lowest BCUT2D eigenvalue weighted by Gasteiger charge is -2.05. The van der Waals surface area contributed by atoms with E-state index in [0.717, 1.165) is 0 Å². The van der Waals surface area contributed by atoms with Crippen molar-refractivity contribution < 1.29 is 9.50 Å². The Morgan fingerprint density at radius 3 is 2.89 bits per heavy atom. The van der Waals surface area contributed by atoms with Gasteiger partial charge in [-0.3, -0.25) is 0 Å². The van der Waals surface area contributed by atoms with E-state index in [0.29, 0.717) is 11.0 Å². The van der Waals surface area contributed by atoms with Crippen molar-refractivity contribution in [1.82, 2.24) is 20.0 Å². The number of aliphatic hydroxyl groups is 1. The lowest BCUT2D eigenvalue weighted by atomic mass is 10.2. The van der Waals surface area contributed by atoms with Crippen LogP contribution in [0.2, 0.25) is 0 Å². The fourth-order valence-corrected chi connectivity index (χ4v) is 1.77. The molecule has 0 fully saturated rings. The molecule has 0 aliphatic heterocycles. The number of halogens is 1. The largest absolute Gasteiger partial charge is 0.392 e. The van der Waals surface area contributed by atoms with Gasteiger partial charge >= 0.3 is 0 Å². The first-order valence-electron chi connectivity index (χ1n) is 5.36. The van der Waals surface area contributed by atoms with Gasteiger partial charge in [0.25, 0.3) is 0 Å². The summed E-state index contributed by atoms with van der Waals surface area (Å²) in [6, 6.07) is 8.64. The molecule has 0 aliphatic carbocycles. The van der Waals surface area contributed by atoms with E-state index in [1.54, 1.807) is 12.1 Å². The first-order chi connectivity index (χ1) is 8.81. The van der Waals surface area contributed by atoms with Crippen LogP contribution in [-0.4, -0.2) is 25.1 Å². The minimum atomic E-state index is -0.587. The van der Waals surface area contributed by atoms with Crippen LogP contribution in [0.5, 0.6) is 0 Å². The van der Waals surface area contributed by atoms with Crippen molar-refractivity contribution in [3.63, 3.8) is 0 Å². The first-order valence-corrected chi connectivity index (χ1v) is 5.36. The van der Waals surface area contributed by atoms with Gasteiger partial charge in [0.2, 0.25) is 0 Å². The number of hydrogen-bond donors (Lipinski definition) is 1. The molecule has 6 heteroatoms. The van der Waals surface area contributed by atoms with Gasteiger partial charge < -0.3 is 5.11 Å². The molecule has 0 saturated heterocycles. The van der Waals surface area contributed by atoms with E-state index in [-0.39, 0.29) is 18.0 Å². The predicted molar refractivity (Wildman–Crippen MR) is 62.5 cm³/mol. The summed E-state index contributed by atoms with van der Waals surface area (Å²) in [6.45, 7) is -0.381. The monoisotopic (exact) mass is 244 g/mol. The minimum absolute atomic E-state index is 0.0373. The molecule has 1 N–H and O–H groups in total. The van der Waals surface area contributed by atoms with E-state index in [1.165, 1.54) is 16.9 Å². The summed E-state index contributed by atoms with van der Waals surface area (Å²) in [5.74, 6) is -0.550. The highest BCUT2D eigenvalue weighted by Gasteiger charge is 2.14. The molecule has 18 heavy (non-hydrogen) atoms. The second-order valence-electron chi connectivity index (χ2n) is 3.76. The zero-order chi connectivity index (χ0) is 12.5. The second-order valence-corrected chi connectivity index (χ2v) is 3.76. The van der Waals surface area contributed by atoms with Crippen molar-refractivity contribution >= 4 is 11.0 Å². The molecule has 0 atom stereocenters. The number of rotatable bonds is 2. The predicted octanol–water partition coefficient (Wildman–Crippen LogP) is 1.45. The Hall–Kier alpha value is -2.34. The lowest BCUT2D eigenvalue weighted by Crippen LogP contribution is -2.05. The van der Waals surface area contributed by atoms with Gasteiger partial charge in [0.05, 0.1) is 12.1 Å². The van der Waals surface area contributed by atoms with E-state index in [2.05, 4.69) is 15.3 Å². The van der Waals surface area contributed by atoms with Crippen LogP contribution < -0.4 is 0 Å². The summed E-state index contributed by atoms with van der Waals surface area (Å²) in [6.07, 6.45) is 1.43. The van der Waals surface area contributed by atoms with Crippen LogP contribution in [0, 0.1) is 5.82 Å². The molecule has 2 heterocycles. The van der Waals surface area contributed by atoms with Crippen LogP contribution in [0.25, 0.3) is 16.9 Å². The number of nitrogens with zero attached hydrogens (tertiary/aromatic N) is 4. The average Bonchev–Trinajstić information content (AvgIpc) is 2.83. The van der Waals surface area contributed by atoms with Gasteiger partial charge in [-0.15, -0.1) is 5.10 Å². The fourth-order valence-electron chi connectivity index (χ4n) is 1.77. The average molecular weight is 244 g/mol. The molecule has 0 spiro atoms. The van der Waals surface area contributed by atoms with Crippen molar-refractivity contribution in [3.05, 3.63) is 47.9 Å². The summed E-state index contributed by atoms with van der Waals surface area (Å²) in [4.78, 5) is 3.95. The number of aromatic nitrogens is 4. The van der Waals surface area contributed by atoms with Crippen LogP contribution in [0.3, 0.4) is 0 Å². The molecule has 3 aromatic rings. The lowest BCUT2D eigenvalue weighted by molar-refractivity contribution is 0.275. The highest BCUT2D eigenvalue weighted by molar-refractivity contribution is 5.75. The Morgan fingerprint density at radius 2 is 2.06 bits per heavy atom. The zero-order valence-corrected chi connectivity index (χ0v) is 9.29. The normalized spacial score (nSPS) is 11.0. The maximum Gasteiger partial charge on any atom is 0.192 e. The Bertz CT molecular complexity index is 710. The topological polar surface area (TPSA) is 63.8 Å². The molecule has 2 aromatic heterocycles. The first kappa shape index (κ1) is 10.8. The van der Waals surface area contributed by atoms with E-state index in [4.69, 9.17) is 5.11 Å². The smallest absolute Gasteiger partial charge is 0.192 e. The third kappa shape index (κ3) is 1.54. The summed E-state index contributed by atoms with van der Waals surface area (Å²) in [5.41, 5.74) is 1.51. The highest BCUT2D eigenvalue weighted by atomic mass is 19.1. The Labute approximate surface area is 102 Å². The fraction of sp³-hybridized carbons (Fsp3) is 0.0833. The van der Waals surface area contributed by atoms with E-state index in [1.807, 2.05) is 12.1 Å². The molecule has 1 aromatic carbocycles. The van der Waals surface area contributed by atoms with E-state index < -0.39 is 5.82 Å². The number of pyridine rings is 1. The Balaban J connectivity index is 2.26. The third-order valence-electron chi connectivity index (χ3n) is 2.67. The zero-order valence-electron chi connectivity index (χ0n) is 9.29. The van der Waals surface area contributed by atoms with Crippen molar-refractivity contribution in [1.29, 1.82) is 0 Å². The summed E-state index contributed by atoms with van der Waals surface area (Å²) < 4.78 is 15.4. The quantitative estimate of drug-likeness (QED) is 0.741. The summed E-state index contributed by atoms with van der Waals surface area (Å²) >= 11 is 0. The van der Waals surface area contributed by atoms with Crippen LogP contribution >= 0.6 is 0 Å². The van der Waals surface area contributed by atoms with Crippen molar-refractivity contribution in [2.75, 3.05) is 0 Å². The SMILES string of the molecule is OCc1ccnc(-n2nnc3ccccc32)c1F. The standard InChI is InChI=1S/C12H9FN4O/c13-11-8(7-18)5-6-14-12(11)17-10-4-2-1-3-9(10)15-16-17/h1-6,18H,7H2. The maximum atomic E-state index is 14.1. The molecule has 0 bridgehead atoms. The Morgan fingerprint density at radius 1 is 1.22 bits per heavy atom. The Kier molecular flexibility index (Phi) is 2.49.